The van der Waals surface area contributed by atoms with Gasteiger partial charge in [-0.05, 0) is 13.0 Å². The van der Waals surface area contributed by atoms with Gasteiger partial charge in [-0.25, -0.2) is 4.98 Å². The van der Waals surface area contributed by atoms with E-state index in [0.29, 0.717) is 50.1 Å². The monoisotopic (exact) mass is 375 g/mol. The smallest absolute Gasteiger partial charge is 0.174 e. The largest absolute Gasteiger partial charge is 0.491 e. The lowest BCUT2D eigenvalue weighted by Crippen LogP contribution is -2.41. The summed E-state index contributed by atoms with van der Waals surface area (Å²) >= 11 is 0. The van der Waals surface area contributed by atoms with E-state index in [9.17, 15) is 0 Å². The van der Waals surface area contributed by atoms with E-state index in [1.165, 1.54) is 0 Å². The summed E-state index contributed by atoms with van der Waals surface area (Å²) in [6, 6.07) is 1.82. The lowest BCUT2D eigenvalue weighted by Gasteiger charge is -2.34. The molecule has 27 heavy (non-hydrogen) atoms. The van der Waals surface area contributed by atoms with Crippen molar-refractivity contribution in [3.63, 3.8) is 0 Å². The van der Waals surface area contributed by atoms with E-state index in [2.05, 4.69) is 36.0 Å². The van der Waals surface area contributed by atoms with Crippen LogP contribution in [0.25, 0.3) is 5.70 Å². The van der Waals surface area contributed by atoms with Crippen molar-refractivity contribution in [2.24, 2.45) is 11.1 Å². The zero-order chi connectivity index (χ0) is 19.7. The average Bonchev–Trinajstić information content (AvgIpc) is 2.64. The van der Waals surface area contributed by atoms with Crippen molar-refractivity contribution in [3.8, 4) is 17.6 Å². The number of nitrogens with one attached hydrogen (secondary N) is 1. The molecule has 0 bridgehead atoms. The maximum atomic E-state index is 6.17. The van der Waals surface area contributed by atoms with Crippen LogP contribution in [-0.2, 0) is 14.2 Å². The molecule has 0 aliphatic carbocycles. The lowest BCUT2D eigenvalue weighted by molar-refractivity contribution is -0.217. The normalized spacial score (nSPS) is 17.1. The van der Waals surface area contributed by atoms with Crippen molar-refractivity contribution in [2.45, 2.75) is 27.1 Å². The second-order valence-corrected chi connectivity index (χ2v) is 6.96. The number of rotatable bonds is 7. The Bertz CT molecular complexity index is 697. The van der Waals surface area contributed by atoms with E-state index >= 15 is 0 Å². The maximum Gasteiger partial charge on any atom is 0.174 e. The predicted octanol–water partition coefficient (Wildman–Crippen LogP) is 1.72. The molecule has 148 valence electrons. The Morgan fingerprint density at radius 1 is 1.44 bits per heavy atom. The second-order valence-electron chi connectivity index (χ2n) is 6.96. The average molecular weight is 375 g/mol. The number of ether oxygens (including phenoxy) is 4. The highest BCUT2D eigenvalue weighted by Gasteiger charge is 2.27. The third-order valence-electron chi connectivity index (χ3n) is 3.74. The minimum atomic E-state index is -0.292. The SMILES string of the molecule is CCOc1cc(C#CCOC)cnc1/C(N)=C/NCC1OCC(C)(C)CO1. The standard InChI is InChI=1S/C20H29N3O4/c1-5-25-17-9-15(7-6-8-24-4)10-23-19(17)16(21)11-22-12-18-26-13-20(2,3)14-27-18/h9-11,18,22H,5,8,12-14,21H2,1-4H3/b16-11-. The molecule has 0 radical (unpaired) electrons. The molecule has 1 aromatic heterocycles. The molecule has 0 aromatic carbocycles. The number of hydrogen-bond donors (Lipinski definition) is 2. The van der Waals surface area contributed by atoms with Crippen molar-refractivity contribution in [1.82, 2.24) is 10.3 Å². The van der Waals surface area contributed by atoms with Gasteiger partial charge in [0.15, 0.2) is 6.29 Å². The molecule has 3 N–H and O–H groups in total. The summed E-state index contributed by atoms with van der Waals surface area (Å²) in [4.78, 5) is 4.40. The first-order chi connectivity index (χ1) is 12.9. The van der Waals surface area contributed by atoms with Crippen LogP contribution in [0.3, 0.4) is 0 Å². The van der Waals surface area contributed by atoms with Gasteiger partial charge in [-0.1, -0.05) is 25.7 Å². The number of hydrogen-bond acceptors (Lipinski definition) is 7. The quantitative estimate of drug-likeness (QED) is 0.702. The van der Waals surface area contributed by atoms with E-state index in [1.54, 1.807) is 19.5 Å². The van der Waals surface area contributed by atoms with E-state index in [-0.39, 0.29) is 11.7 Å². The highest BCUT2D eigenvalue weighted by atomic mass is 16.7. The van der Waals surface area contributed by atoms with Gasteiger partial charge in [0, 0.05) is 30.5 Å². The van der Waals surface area contributed by atoms with Crippen LogP contribution in [0.2, 0.25) is 0 Å². The molecule has 2 rings (SSSR count). The van der Waals surface area contributed by atoms with Crippen molar-refractivity contribution in [1.29, 1.82) is 0 Å². The van der Waals surface area contributed by atoms with E-state index in [4.69, 9.17) is 24.7 Å². The van der Waals surface area contributed by atoms with Crippen LogP contribution < -0.4 is 15.8 Å². The van der Waals surface area contributed by atoms with Crippen LogP contribution in [-0.4, -0.2) is 51.4 Å². The summed E-state index contributed by atoms with van der Waals surface area (Å²) < 4.78 is 22.0. The summed E-state index contributed by atoms with van der Waals surface area (Å²) in [7, 11) is 1.60. The molecule has 1 aromatic rings. The Kier molecular flexibility index (Phi) is 7.92. The fourth-order valence-electron chi connectivity index (χ4n) is 2.38. The van der Waals surface area contributed by atoms with Crippen LogP contribution in [0.15, 0.2) is 18.5 Å². The van der Waals surface area contributed by atoms with Gasteiger partial charge >= 0.3 is 0 Å². The summed E-state index contributed by atoms with van der Waals surface area (Å²) in [5.74, 6) is 6.46. The predicted molar refractivity (Wildman–Crippen MR) is 104 cm³/mol. The lowest BCUT2D eigenvalue weighted by atomic mass is 9.96. The molecule has 0 spiro atoms. The summed E-state index contributed by atoms with van der Waals surface area (Å²) in [6.07, 6.45) is 3.06. The van der Waals surface area contributed by atoms with Crippen LogP contribution in [0.1, 0.15) is 32.0 Å². The zero-order valence-electron chi connectivity index (χ0n) is 16.5. The molecule has 7 heteroatoms. The van der Waals surface area contributed by atoms with Gasteiger partial charge in [-0.3, -0.25) is 0 Å². The maximum absolute atomic E-state index is 6.17. The number of methoxy groups -OCH3 is 1. The van der Waals surface area contributed by atoms with Gasteiger partial charge in [0.2, 0.25) is 0 Å². The first kappa shape index (κ1) is 21.0. The van der Waals surface area contributed by atoms with Crippen molar-refractivity contribution in [2.75, 3.05) is 40.1 Å². The minimum Gasteiger partial charge on any atom is -0.491 e. The molecule has 1 aliphatic heterocycles. The number of aromatic nitrogens is 1. The summed E-state index contributed by atoms with van der Waals surface area (Å²) in [6.45, 7) is 8.83. The second kappa shape index (κ2) is 10.2. The highest BCUT2D eigenvalue weighted by Crippen LogP contribution is 2.23. The Morgan fingerprint density at radius 3 is 2.85 bits per heavy atom. The zero-order valence-corrected chi connectivity index (χ0v) is 16.5. The number of nitrogens with zero attached hydrogens (tertiary/aromatic N) is 1. The van der Waals surface area contributed by atoms with E-state index < -0.39 is 0 Å². The first-order valence-corrected chi connectivity index (χ1v) is 8.98. The summed E-state index contributed by atoms with van der Waals surface area (Å²) in [5.41, 5.74) is 8.00. The number of pyridine rings is 1. The van der Waals surface area contributed by atoms with Crippen molar-refractivity contribution < 1.29 is 18.9 Å². The molecule has 2 heterocycles. The molecule has 1 saturated heterocycles. The highest BCUT2D eigenvalue weighted by molar-refractivity contribution is 5.65. The molecule has 0 atom stereocenters. The van der Waals surface area contributed by atoms with Gasteiger partial charge in [0.1, 0.15) is 18.1 Å². The molecule has 1 aliphatic rings. The first-order valence-electron chi connectivity index (χ1n) is 8.98. The third kappa shape index (κ3) is 6.75. The van der Waals surface area contributed by atoms with Gasteiger partial charge in [-0.15, -0.1) is 0 Å². The Morgan fingerprint density at radius 2 is 2.19 bits per heavy atom. The van der Waals surface area contributed by atoms with Crippen LogP contribution in [0.4, 0.5) is 0 Å². The van der Waals surface area contributed by atoms with Crippen molar-refractivity contribution >= 4 is 5.70 Å². The Hall–Kier alpha value is -2.27. The molecular weight excluding hydrogens is 346 g/mol. The third-order valence-corrected chi connectivity index (χ3v) is 3.74. The van der Waals surface area contributed by atoms with Crippen LogP contribution in [0, 0.1) is 17.3 Å². The summed E-state index contributed by atoms with van der Waals surface area (Å²) in [5, 5.41) is 3.13. The van der Waals surface area contributed by atoms with Gasteiger partial charge in [-0.2, -0.15) is 0 Å². The van der Waals surface area contributed by atoms with E-state index in [1.807, 2.05) is 13.0 Å². The Labute approximate surface area is 161 Å². The van der Waals surface area contributed by atoms with E-state index in [0.717, 1.165) is 5.56 Å². The fourth-order valence-corrected chi connectivity index (χ4v) is 2.38. The van der Waals surface area contributed by atoms with Crippen LogP contribution in [0.5, 0.6) is 5.75 Å². The fraction of sp³-hybridized carbons (Fsp3) is 0.550. The van der Waals surface area contributed by atoms with Gasteiger partial charge in [0.25, 0.3) is 0 Å². The minimum absolute atomic E-state index is 0.0512. The topological polar surface area (TPSA) is 87.9 Å². The van der Waals surface area contributed by atoms with Gasteiger partial charge in [0.05, 0.1) is 32.1 Å². The molecule has 0 unspecified atom stereocenters. The van der Waals surface area contributed by atoms with Crippen molar-refractivity contribution in [3.05, 3.63) is 29.7 Å². The number of nitrogens with two attached hydrogens (primary N) is 1. The molecule has 1 fully saturated rings. The molecule has 0 saturated carbocycles. The Balaban J connectivity index is 2.00. The van der Waals surface area contributed by atoms with Gasteiger partial charge < -0.3 is 30.0 Å². The van der Waals surface area contributed by atoms with Crippen LogP contribution >= 0.6 is 0 Å². The molecular formula is C20H29N3O4. The molecule has 0 amide bonds. The molecule has 7 nitrogen and oxygen atoms in total.